The predicted octanol–water partition coefficient (Wildman–Crippen LogP) is 2.60. The van der Waals surface area contributed by atoms with Crippen molar-refractivity contribution < 1.29 is 14.4 Å². The zero-order valence-electron chi connectivity index (χ0n) is 12.0. The van der Waals surface area contributed by atoms with E-state index in [1.165, 1.54) is 11.3 Å². The Morgan fingerprint density at radius 1 is 0.850 bits per heavy atom. The molecule has 0 atom stereocenters. The van der Waals surface area contributed by atoms with E-state index >= 15 is 0 Å². The molecule has 0 radical (unpaired) electrons. The van der Waals surface area contributed by atoms with Crippen molar-refractivity contribution in [3.05, 3.63) is 0 Å². The average molecular weight is 277 g/mol. The molecule has 4 nitrogen and oxygen atoms in total. The van der Waals surface area contributed by atoms with Crippen LogP contribution < -0.4 is 0 Å². The largest absolute Gasteiger partial charge is 0.300 e. The van der Waals surface area contributed by atoms with E-state index in [-0.39, 0.29) is 29.1 Å². The van der Waals surface area contributed by atoms with E-state index in [9.17, 15) is 14.4 Å². The van der Waals surface area contributed by atoms with Crippen LogP contribution in [0.3, 0.4) is 0 Å². The molecule has 1 saturated heterocycles. The van der Waals surface area contributed by atoms with Gasteiger partial charge in [-0.1, -0.05) is 19.3 Å². The van der Waals surface area contributed by atoms with Crippen molar-refractivity contribution in [2.24, 2.45) is 5.41 Å². The second kappa shape index (κ2) is 5.30. The van der Waals surface area contributed by atoms with E-state index in [4.69, 9.17) is 0 Å². The van der Waals surface area contributed by atoms with Crippen molar-refractivity contribution in [2.45, 2.75) is 76.7 Å². The molecule has 20 heavy (non-hydrogen) atoms. The molecule has 2 aliphatic carbocycles. The minimum Gasteiger partial charge on any atom is -0.300 e. The Labute approximate surface area is 119 Å². The summed E-state index contributed by atoms with van der Waals surface area (Å²) in [4.78, 5) is 37.8. The molecule has 0 aromatic carbocycles. The Balaban J connectivity index is 1.70. The van der Waals surface area contributed by atoms with Crippen LogP contribution in [-0.2, 0) is 14.4 Å². The van der Waals surface area contributed by atoms with Crippen LogP contribution in [0.2, 0.25) is 0 Å². The maximum Gasteiger partial charge on any atom is 0.229 e. The molecule has 3 fully saturated rings. The second-order valence-electron chi connectivity index (χ2n) is 6.84. The molecule has 0 aromatic rings. The molecule has 0 aromatic heterocycles. The first-order valence-electron chi connectivity index (χ1n) is 7.96. The molecule has 2 amide bonds. The number of hydrogen-bond acceptors (Lipinski definition) is 3. The number of piperidine rings is 1. The van der Waals surface area contributed by atoms with E-state index < -0.39 is 0 Å². The molecular formula is C16H23NO3. The molecule has 4 heteroatoms. The number of hydrogen-bond donors (Lipinski definition) is 0. The number of ketones is 1. The van der Waals surface area contributed by atoms with Crippen molar-refractivity contribution in [2.75, 3.05) is 0 Å². The summed E-state index contributed by atoms with van der Waals surface area (Å²) in [6.45, 7) is 0. The normalized spacial score (nSPS) is 28.2. The summed E-state index contributed by atoms with van der Waals surface area (Å²) in [6, 6.07) is -0.0198. The highest BCUT2D eigenvalue weighted by atomic mass is 16.2. The monoisotopic (exact) mass is 277 g/mol. The van der Waals surface area contributed by atoms with E-state index in [1.54, 1.807) is 0 Å². The van der Waals surface area contributed by atoms with E-state index in [2.05, 4.69) is 0 Å². The van der Waals surface area contributed by atoms with E-state index in [0.717, 1.165) is 25.7 Å². The lowest BCUT2D eigenvalue weighted by Crippen LogP contribution is -2.53. The number of likely N-dealkylation sites (tertiary alicyclic amines) is 1. The van der Waals surface area contributed by atoms with Gasteiger partial charge in [-0.3, -0.25) is 19.3 Å². The highest BCUT2D eigenvalue weighted by Gasteiger charge is 2.46. The lowest BCUT2D eigenvalue weighted by molar-refractivity contribution is -0.159. The van der Waals surface area contributed by atoms with Crippen LogP contribution in [-0.4, -0.2) is 28.5 Å². The average Bonchev–Trinajstić information content (AvgIpc) is 2.41. The fourth-order valence-electron chi connectivity index (χ4n) is 4.26. The number of Topliss-reactive ketones (excluding diaryl/α,β-unsaturated/α-hetero) is 1. The Hall–Kier alpha value is -1.19. The van der Waals surface area contributed by atoms with Crippen molar-refractivity contribution in [3.8, 4) is 0 Å². The summed E-state index contributed by atoms with van der Waals surface area (Å²) in [7, 11) is 0. The maximum atomic E-state index is 12.5. The first-order valence-corrected chi connectivity index (χ1v) is 7.96. The van der Waals surface area contributed by atoms with Crippen LogP contribution in [0.15, 0.2) is 0 Å². The summed E-state index contributed by atoms with van der Waals surface area (Å²) in [6.07, 6.45) is 9.07. The number of rotatable bonds is 1. The van der Waals surface area contributed by atoms with Crippen molar-refractivity contribution in [1.82, 2.24) is 4.90 Å². The zero-order chi connectivity index (χ0) is 14.2. The van der Waals surface area contributed by atoms with Gasteiger partial charge in [-0.25, -0.2) is 0 Å². The quantitative estimate of drug-likeness (QED) is 0.692. The summed E-state index contributed by atoms with van der Waals surface area (Å²) in [5.41, 5.74) is -0.0343. The predicted molar refractivity (Wildman–Crippen MR) is 73.9 cm³/mol. The molecule has 1 aliphatic heterocycles. The summed E-state index contributed by atoms with van der Waals surface area (Å²) < 4.78 is 0. The van der Waals surface area contributed by atoms with Gasteiger partial charge >= 0.3 is 0 Å². The van der Waals surface area contributed by atoms with Gasteiger partial charge in [-0.2, -0.15) is 0 Å². The smallest absolute Gasteiger partial charge is 0.229 e. The zero-order valence-corrected chi connectivity index (χ0v) is 12.0. The van der Waals surface area contributed by atoms with Crippen molar-refractivity contribution in [1.29, 1.82) is 0 Å². The third-order valence-electron chi connectivity index (χ3n) is 5.38. The van der Waals surface area contributed by atoms with Gasteiger partial charge in [-0.05, 0) is 31.1 Å². The molecule has 0 unspecified atom stereocenters. The lowest BCUT2D eigenvalue weighted by atomic mass is 9.67. The van der Waals surface area contributed by atoms with Gasteiger partial charge in [0, 0.05) is 31.7 Å². The Kier molecular flexibility index (Phi) is 3.65. The summed E-state index contributed by atoms with van der Waals surface area (Å²) >= 11 is 0. The van der Waals surface area contributed by atoms with Crippen LogP contribution in [0.25, 0.3) is 0 Å². The number of amides is 2. The number of imide groups is 1. The highest BCUT2D eigenvalue weighted by molar-refractivity contribution is 5.99. The Bertz CT molecular complexity index is 407. The van der Waals surface area contributed by atoms with Crippen LogP contribution >= 0.6 is 0 Å². The minimum absolute atomic E-state index is 0.0162. The van der Waals surface area contributed by atoms with E-state index in [1.807, 2.05) is 0 Å². The fraction of sp³-hybridized carbons (Fsp3) is 0.812. The van der Waals surface area contributed by atoms with Crippen LogP contribution in [0.5, 0.6) is 0 Å². The molecule has 0 N–H and O–H groups in total. The third-order valence-corrected chi connectivity index (χ3v) is 5.38. The van der Waals surface area contributed by atoms with Crippen molar-refractivity contribution >= 4 is 17.6 Å². The van der Waals surface area contributed by atoms with Crippen LogP contribution in [0.1, 0.15) is 70.6 Å². The molecular weight excluding hydrogens is 254 g/mol. The third kappa shape index (κ3) is 2.52. The number of nitrogens with zero attached hydrogens (tertiary/aromatic N) is 1. The maximum absolute atomic E-state index is 12.5. The first kappa shape index (κ1) is 13.8. The van der Waals surface area contributed by atoms with Gasteiger partial charge in [-0.15, -0.1) is 0 Å². The molecule has 3 aliphatic rings. The SMILES string of the molecule is O=C1CCC(N2C(=O)CC3(CCCCC3)CC2=O)CC1. The summed E-state index contributed by atoms with van der Waals surface area (Å²) in [5.74, 6) is 0.298. The van der Waals surface area contributed by atoms with Crippen molar-refractivity contribution in [3.63, 3.8) is 0 Å². The lowest BCUT2D eigenvalue weighted by Gasteiger charge is -2.45. The topological polar surface area (TPSA) is 54.5 Å². The Morgan fingerprint density at radius 2 is 1.40 bits per heavy atom. The van der Waals surface area contributed by atoms with Gasteiger partial charge in [0.05, 0.1) is 0 Å². The van der Waals surface area contributed by atoms with Crippen LogP contribution in [0.4, 0.5) is 0 Å². The minimum atomic E-state index is -0.0343. The number of carbonyl (C=O) groups is 3. The van der Waals surface area contributed by atoms with Gasteiger partial charge in [0.15, 0.2) is 0 Å². The van der Waals surface area contributed by atoms with Crippen LogP contribution in [0, 0.1) is 5.41 Å². The standard InChI is InChI=1S/C16H23NO3/c18-13-6-4-12(5-7-13)17-14(19)10-16(11-15(17)20)8-2-1-3-9-16/h12H,1-11H2. The molecule has 0 bridgehead atoms. The number of carbonyl (C=O) groups excluding carboxylic acids is 3. The molecule has 1 heterocycles. The van der Waals surface area contributed by atoms with Gasteiger partial charge in [0.2, 0.25) is 11.8 Å². The molecule has 2 saturated carbocycles. The fourth-order valence-corrected chi connectivity index (χ4v) is 4.26. The highest BCUT2D eigenvalue weighted by Crippen LogP contribution is 2.46. The first-order chi connectivity index (χ1) is 9.60. The second-order valence-corrected chi connectivity index (χ2v) is 6.84. The van der Waals surface area contributed by atoms with Gasteiger partial charge < -0.3 is 0 Å². The van der Waals surface area contributed by atoms with Gasteiger partial charge in [0.1, 0.15) is 5.78 Å². The molecule has 110 valence electrons. The summed E-state index contributed by atoms with van der Waals surface area (Å²) in [5, 5.41) is 0. The molecule has 3 rings (SSSR count). The van der Waals surface area contributed by atoms with Gasteiger partial charge in [0.25, 0.3) is 0 Å². The molecule has 1 spiro atoms. The van der Waals surface area contributed by atoms with E-state index in [0.29, 0.717) is 38.5 Å². The Morgan fingerprint density at radius 3 is 1.95 bits per heavy atom.